The lowest BCUT2D eigenvalue weighted by atomic mass is 10.0. The van der Waals surface area contributed by atoms with Gasteiger partial charge >= 0.3 is 0 Å². The lowest BCUT2D eigenvalue weighted by Gasteiger charge is -2.12. The molecule has 0 spiro atoms. The van der Waals surface area contributed by atoms with Gasteiger partial charge in [-0.3, -0.25) is 9.78 Å². The van der Waals surface area contributed by atoms with Crippen LogP contribution in [0.25, 0.3) is 0 Å². The highest BCUT2D eigenvalue weighted by Gasteiger charge is 2.11. The number of hydrogen-bond acceptors (Lipinski definition) is 3. The van der Waals surface area contributed by atoms with Crippen molar-refractivity contribution in [3.8, 4) is 0 Å². The molecule has 2 rings (SSSR count). The second-order valence-electron chi connectivity index (χ2n) is 4.87. The highest BCUT2D eigenvalue weighted by Crippen LogP contribution is 2.13. The third-order valence-electron chi connectivity index (χ3n) is 3.05. The molecule has 0 bridgehead atoms. The molecule has 0 saturated heterocycles. The number of benzene rings is 1. The molecule has 0 fully saturated rings. The maximum Gasteiger partial charge on any atom is 0.222 e. The molecule has 1 unspecified atom stereocenters. The minimum Gasteiger partial charge on any atom is -0.352 e. The van der Waals surface area contributed by atoms with E-state index in [0.29, 0.717) is 6.54 Å². The van der Waals surface area contributed by atoms with Crippen LogP contribution in [0.4, 0.5) is 0 Å². The van der Waals surface area contributed by atoms with Crippen molar-refractivity contribution in [1.29, 1.82) is 0 Å². The first-order valence-corrected chi connectivity index (χ1v) is 6.63. The molecular weight excluding hydrogens is 250 g/mol. The molecule has 1 amide bonds. The van der Waals surface area contributed by atoms with Gasteiger partial charge in [0.2, 0.25) is 5.91 Å². The minimum absolute atomic E-state index is 0.0529. The van der Waals surface area contributed by atoms with Gasteiger partial charge in [-0.1, -0.05) is 36.4 Å². The first kappa shape index (κ1) is 14.2. The number of nitrogens with two attached hydrogens (primary N) is 1. The van der Waals surface area contributed by atoms with Gasteiger partial charge < -0.3 is 11.1 Å². The summed E-state index contributed by atoms with van der Waals surface area (Å²) in [6.45, 7) is 2.46. The Hall–Kier alpha value is -2.20. The van der Waals surface area contributed by atoms with Crippen LogP contribution in [0.3, 0.4) is 0 Å². The summed E-state index contributed by atoms with van der Waals surface area (Å²) in [7, 11) is 0. The summed E-state index contributed by atoms with van der Waals surface area (Å²) in [4.78, 5) is 16.0. The fraction of sp³-hybridized carbons (Fsp3) is 0.250. The van der Waals surface area contributed by atoms with E-state index >= 15 is 0 Å². The third-order valence-corrected chi connectivity index (χ3v) is 3.05. The summed E-state index contributed by atoms with van der Waals surface area (Å²) in [6.07, 6.45) is 3.82. The van der Waals surface area contributed by atoms with E-state index in [1.165, 1.54) is 0 Å². The van der Waals surface area contributed by atoms with E-state index in [1.807, 2.05) is 43.3 Å². The summed E-state index contributed by atoms with van der Waals surface area (Å²) < 4.78 is 0. The van der Waals surface area contributed by atoms with Crippen molar-refractivity contribution in [2.75, 3.05) is 0 Å². The highest BCUT2D eigenvalue weighted by molar-refractivity contribution is 5.76. The van der Waals surface area contributed by atoms with Crippen LogP contribution in [-0.2, 0) is 11.3 Å². The minimum atomic E-state index is -0.271. The number of carbonyl (C=O) groups is 1. The van der Waals surface area contributed by atoms with Crippen LogP contribution < -0.4 is 11.1 Å². The van der Waals surface area contributed by atoms with E-state index in [2.05, 4.69) is 10.3 Å². The fourth-order valence-corrected chi connectivity index (χ4v) is 2.00. The van der Waals surface area contributed by atoms with Crippen molar-refractivity contribution in [3.05, 3.63) is 65.5 Å². The molecule has 104 valence electrons. The molecule has 20 heavy (non-hydrogen) atoms. The van der Waals surface area contributed by atoms with Gasteiger partial charge in [-0.15, -0.1) is 0 Å². The van der Waals surface area contributed by atoms with E-state index in [4.69, 9.17) is 5.73 Å². The maximum atomic E-state index is 11.9. The van der Waals surface area contributed by atoms with Crippen molar-refractivity contribution >= 4 is 5.91 Å². The van der Waals surface area contributed by atoms with Gasteiger partial charge in [-0.2, -0.15) is 0 Å². The predicted molar refractivity (Wildman–Crippen MR) is 78.8 cm³/mol. The zero-order chi connectivity index (χ0) is 14.4. The molecule has 1 aromatic heterocycles. The van der Waals surface area contributed by atoms with Crippen LogP contribution in [-0.4, -0.2) is 10.9 Å². The molecule has 0 radical (unpaired) electrons. The molecular formula is C16H19N3O. The maximum absolute atomic E-state index is 11.9. The summed E-state index contributed by atoms with van der Waals surface area (Å²) >= 11 is 0. The van der Waals surface area contributed by atoms with Crippen LogP contribution in [0, 0.1) is 6.92 Å². The lowest BCUT2D eigenvalue weighted by Crippen LogP contribution is -2.27. The topological polar surface area (TPSA) is 68.0 Å². The number of nitrogens with one attached hydrogen (secondary N) is 1. The average molecular weight is 269 g/mol. The number of carbonyl (C=O) groups excluding carboxylic acids is 1. The van der Waals surface area contributed by atoms with E-state index in [0.717, 1.165) is 16.7 Å². The molecule has 4 heteroatoms. The molecule has 1 atom stereocenters. The Morgan fingerprint density at radius 3 is 2.75 bits per heavy atom. The first-order chi connectivity index (χ1) is 9.65. The van der Waals surface area contributed by atoms with E-state index in [-0.39, 0.29) is 18.4 Å². The number of nitrogens with zero attached hydrogens (tertiary/aromatic N) is 1. The molecule has 0 saturated carbocycles. The van der Waals surface area contributed by atoms with Gasteiger partial charge in [0.05, 0.1) is 0 Å². The molecule has 1 heterocycles. The lowest BCUT2D eigenvalue weighted by molar-refractivity contribution is -0.121. The molecule has 0 aliphatic carbocycles. The largest absolute Gasteiger partial charge is 0.352 e. The van der Waals surface area contributed by atoms with Crippen molar-refractivity contribution < 1.29 is 4.79 Å². The van der Waals surface area contributed by atoms with Crippen LogP contribution in [0.5, 0.6) is 0 Å². The van der Waals surface area contributed by atoms with Crippen molar-refractivity contribution in [3.63, 3.8) is 0 Å². The van der Waals surface area contributed by atoms with Gasteiger partial charge in [0.1, 0.15) is 0 Å². The van der Waals surface area contributed by atoms with Crippen molar-refractivity contribution in [2.45, 2.75) is 25.9 Å². The van der Waals surface area contributed by atoms with Crippen LogP contribution in [0.1, 0.15) is 29.2 Å². The highest BCUT2D eigenvalue weighted by atomic mass is 16.1. The molecule has 0 aliphatic rings. The summed E-state index contributed by atoms with van der Waals surface area (Å²) in [5, 5.41) is 2.87. The first-order valence-electron chi connectivity index (χ1n) is 6.63. The third kappa shape index (κ3) is 4.17. The Morgan fingerprint density at radius 1 is 1.30 bits per heavy atom. The van der Waals surface area contributed by atoms with Crippen molar-refractivity contribution in [2.24, 2.45) is 5.73 Å². The molecule has 0 aliphatic heterocycles. The standard InChI is InChI=1S/C16H19N3O/c1-12-7-13(10-18-9-12)11-19-16(20)8-15(17)14-5-3-2-4-6-14/h2-7,9-10,15H,8,11,17H2,1H3,(H,19,20). The Balaban J connectivity index is 1.84. The van der Waals surface area contributed by atoms with Gasteiger partial charge in [-0.05, 0) is 23.6 Å². The average Bonchev–Trinajstić information content (AvgIpc) is 2.46. The Kier molecular flexibility index (Phi) is 4.85. The SMILES string of the molecule is Cc1cncc(CNC(=O)CC(N)c2ccccc2)c1. The number of amides is 1. The number of aryl methyl sites for hydroxylation is 1. The van der Waals surface area contributed by atoms with Gasteiger partial charge in [-0.25, -0.2) is 0 Å². The van der Waals surface area contributed by atoms with Crippen LogP contribution >= 0.6 is 0 Å². The van der Waals surface area contributed by atoms with Gasteiger partial charge in [0.25, 0.3) is 0 Å². The Labute approximate surface area is 119 Å². The number of pyridine rings is 1. The molecule has 3 N–H and O–H groups in total. The molecule has 2 aromatic rings. The zero-order valence-electron chi connectivity index (χ0n) is 11.5. The van der Waals surface area contributed by atoms with Gasteiger partial charge in [0.15, 0.2) is 0 Å². The number of hydrogen-bond donors (Lipinski definition) is 2. The predicted octanol–water partition coefficient (Wildman–Crippen LogP) is 2.10. The monoisotopic (exact) mass is 269 g/mol. The quantitative estimate of drug-likeness (QED) is 0.873. The molecule has 4 nitrogen and oxygen atoms in total. The summed E-state index contributed by atoms with van der Waals surface area (Å²) in [6, 6.07) is 11.4. The summed E-state index contributed by atoms with van der Waals surface area (Å²) in [5.74, 6) is -0.0529. The number of aromatic nitrogens is 1. The second-order valence-corrected chi connectivity index (χ2v) is 4.87. The van der Waals surface area contributed by atoms with E-state index < -0.39 is 0 Å². The Morgan fingerprint density at radius 2 is 2.05 bits per heavy atom. The molecule has 1 aromatic carbocycles. The Bertz CT molecular complexity index is 569. The van der Waals surface area contributed by atoms with Crippen LogP contribution in [0.2, 0.25) is 0 Å². The summed E-state index contributed by atoms with van der Waals surface area (Å²) in [5.41, 5.74) is 9.06. The number of rotatable bonds is 5. The normalized spacial score (nSPS) is 11.9. The van der Waals surface area contributed by atoms with Gasteiger partial charge in [0, 0.05) is 31.4 Å². The van der Waals surface area contributed by atoms with Crippen molar-refractivity contribution in [1.82, 2.24) is 10.3 Å². The zero-order valence-corrected chi connectivity index (χ0v) is 11.5. The fourth-order valence-electron chi connectivity index (χ4n) is 2.00. The second kappa shape index (κ2) is 6.82. The van der Waals surface area contributed by atoms with E-state index in [1.54, 1.807) is 12.4 Å². The van der Waals surface area contributed by atoms with Crippen LogP contribution in [0.15, 0.2) is 48.8 Å². The van der Waals surface area contributed by atoms with E-state index in [9.17, 15) is 4.79 Å². The smallest absolute Gasteiger partial charge is 0.222 e.